The van der Waals surface area contributed by atoms with E-state index in [-0.39, 0.29) is 0 Å². The van der Waals surface area contributed by atoms with Crippen molar-refractivity contribution in [3.05, 3.63) is 60.9 Å². The number of nitrogens with zero attached hydrogens (tertiary/aromatic N) is 2. The van der Waals surface area contributed by atoms with Gasteiger partial charge in [-0.25, -0.2) is 0 Å². The van der Waals surface area contributed by atoms with Crippen LogP contribution in [0.1, 0.15) is 90.9 Å². The molecular formula is C31H44N2S. The molecule has 2 nitrogen and oxygen atoms in total. The molecule has 0 aliphatic rings. The molecule has 0 aliphatic heterocycles. The maximum absolute atomic E-state index is 4.14. The fourth-order valence-corrected chi connectivity index (χ4v) is 5.55. The van der Waals surface area contributed by atoms with Gasteiger partial charge in [0.1, 0.15) is 0 Å². The summed E-state index contributed by atoms with van der Waals surface area (Å²) in [4.78, 5) is 9.41. The number of unbranched alkanes of at least 4 members (excludes halogenated alkanes) is 10. The molecule has 0 unspecified atom stereocenters. The number of aromatic nitrogens is 1. The van der Waals surface area contributed by atoms with Crippen LogP contribution in [-0.2, 0) is 0 Å². The van der Waals surface area contributed by atoms with Crippen LogP contribution in [0.3, 0.4) is 0 Å². The molecule has 2 aromatic heterocycles. The molecule has 0 fully saturated rings. The zero-order valence-corrected chi connectivity index (χ0v) is 22.3. The van der Waals surface area contributed by atoms with Gasteiger partial charge in [0.25, 0.3) is 0 Å². The normalized spacial score (nSPS) is 11.1. The number of pyridine rings is 1. The summed E-state index contributed by atoms with van der Waals surface area (Å²) in [5, 5.41) is 0. The zero-order chi connectivity index (χ0) is 23.8. The summed E-state index contributed by atoms with van der Waals surface area (Å²) in [7, 11) is 0. The predicted molar refractivity (Wildman–Crippen MR) is 152 cm³/mol. The maximum atomic E-state index is 4.14. The molecule has 0 aliphatic carbocycles. The van der Waals surface area contributed by atoms with Crippen molar-refractivity contribution in [3.8, 4) is 20.9 Å². The summed E-state index contributed by atoms with van der Waals surface area (Å²) in [5.74, 6) is 0. The fourth-order valence-electron chi connectivity index (χ4n) is 4.54. The van der Waals surface area contributed by atoms with Crippen molar-refractivity contribution in [2.45, 2.75) is 90.9 Å². The van der Waals surface area contributed by atoms with Crippen LogP contribution in [0.15, 0.2) is 60.9 Å². The first-order valence-corrected chi connectivity index (χ1v) is 14.5. The lowest BCUT2D eigenvalue weighted by Gasteiger charge is -2.25. The number of anilines is 1. The quantitative estimate of drug-likeness (QED) is 0.180. The van der Waals surface area contributed by atoms with E-state index in [9.17, 15) is 0 Å². The molecule has 0 bridgehead atoms. The van der Waals surface area contributed by atoms with Gasteiger partial charge in [0.2, 0.25) is 0 Å². The molecule has 184 valence electrons. The Kier molecular flexibility index (Phi) is 12.2. The maximum Gasteiger partial charge on any atom is 0.0366 e. The first-order chi connectivity index (χ1) is 16.8. The van der Waals surface area contributed by atoms with E-state index in [0.29, 0.717) is 0 Å². The Bertz CT molecular complexity index is 885. The molecule has 0 N–H and O–H groups in total. The lowest BCUT2D eigenvalue weighted by atomic mass is 10.1. The number of hydrogen-bond donors (Lipinski definition) is 0. The van der Waals surface area contributed by atoms with Crippen LogP contribution in [0.2, 0.25) is 0 Å². The molecule has 0 spiro atoms. The molecule has 2 heterocycles. The van der Waals surface area contributed by atoms with E-state index in [1.54, 1.807) is 0 Å². The van der Waals surface area contributed by atoms with Gasteiger partial charge in [0.05, 0.1) is 0 Å². The van der Waals surface area contributed by atoms with Crippen molar-refractivity contribution in [1.82, 2.24) is 4.98 Å². The van der Waals surface area contributed by atoms with E-state index in [4.69, 9.17) is 0 Å². The smallest absolute Gasteiger partial charge is 0.0366 e. The van der Waals surface area contributed by atoms with E-state index in [1.807, 2.05) is 23.7 Å². The van der Waals surface area contributed by atoms with E-state index in [1.165, 1.54) is 117 Å². The van der Waals surface area contributed by atoms with Crippen LogP contribution in [0.5, 0.6) is 0 Å². The lowest BCUT2D eigenvalue weighted by Crippen LogP contribution is -2.25. The molecule has 1 aromatic carbocycles. The summed E-state index contributed by atoms with van der Waals surface area (Å²) in [6.45, 7) is 6.96. The van der Waals surface area contributed by atoms with Crippen LogP contribution in [0, 0.1) is 0 Å². The third kappa shape index (κ3) is 8.91. The van der Waals surface area contributed by atoms with Crippen LogP contribution in [-0.4, -0.2) is 18.1 Å². The van der Waals surface area contributed by atoms with Gasteiger partial charge in [0, 0.05) is 40.9 Å². The van der Waals surface area contributed by atoms with E-state index in [0.717, 1.165) is 0 Å². The Morgan fingerprint density at radius 3 is 1.56 bits per heavy atom. The second-order valence-electron chi connectivity index (χ2n) is 9.47. The monoisotopic (exact) mass is 476 g/mol. The highest BCUT2D eigenvalue weighted by Gasteiger charge is 2.09. The lowest BCUT2D eigenvalue weighted by molar-refractivity contribution is 0.575. The minimum Gasteiger partial charge on any atom is -0.372 e. The van der Waals surface area contributed by atoms with Crippen molar-refractivity contribution >= 4 is 17.0 Å². The fraction of sp³-hybridized carbons (Fsp3) is 0.516. The highest BCUT2D eigenvalue weighted by molar-refractivity contribution is 7.18. The molecule has 0 amide bonds. The molecule has 3 rings (SSSR count). The highest BCUT2D eigenvalue weighted by Crippen LogP contribution is 2.35. The average Bonchev–Trinajstić information content (AvgIpc) is 3.38. The van der Waals surface area contributed by atoms with Crippen molar-refractivity contribution < 1.29 is 0 Å². The number of thiophene rings is 1. The van der Waals surface area contributed by atoms with E-state index in [2.05, 4.69) is 72.3 Å². The van der Waals surface area contributed by atoms with Gasteiger partial charge in [-0.05, 0) is 60.4 Å². The van der Waals surface area contributed by atoms with Gasteiger partial charge in [-0.15, -0.1) is 11.3 Å². The highest BCUT2D eigenvalue weighted by atomic mass is 32.1. The second kappa shape index (κ2) is 15.7. The second-order valence-corrected chi connectivity index (χ2v) is 10.6. The number of benzene rings is 1. The van der Waals surface area contributed by atoms with Crippen LogP contribution in [0.25, 0.3) is 20.9 Å². The van der Waals surface area contributed by atoms with E-state index < -0.39 is 0 Å². The molecule has 0 saturated heterocycles. The van der Waals surface area contributed by atoms with Gasteiger partial charge in [-0.1, -0.05) is 90.2 Å². The van der Waals surface area contributed by atoms with Crippen molar-refractivity contribution in [2.24, 2.45) is 0 Å². The largest absolute Gasteiger partial charge is 0.372 e. The summed E-state index contributed by atoms with van der Waals surface area (Å²) < 4.78 is 0. The third-order valence-electron chi connectivity index (χ3n) is 6.65. The van der Waals surface area contributed by atoms with E-state index >= 15 is 0 Å². The topological polar surface area (TPSA) is 16.1 Å². The van der Waals surface area contributed by atoms with Gasteiger partial charge < -0.3 is 4.90 Å². The summed E-state index contributed by atoms with van der Waals surface area (Å²) in [6, 6.07) is 18.0. The summed E-state index contributed by atoms with van der Waals surface area (Å²) >= 11 is 1.86. The van der Waals surface area contributed by atoms with Crippen molar-refractivity contribution in [1.29, 1.82) is 0 Å². The first kappa shape index (κ1) is 26.5. The average molecular weight is 477 g/mol. The molecule has 0 atom stereocenters. The SMILES string of the molecule is CCCCCCCCN(CCCCCCCC)c1ccc(-c2ccc(-c3ccncc3)s2)cc1. The standard InChI is InChI=1S/C31H44N2S/c1-3-5-7-9-11-13-25-33(26-14-12-10-8-6-4-2)29-17-15-27(16-18-29)30-19-20-31(34-30)28-21-23-32-24-22-28/h15-24H,3-14,25-26H2,1-2H3. The predicted octanol–water partition coefficient (Wildman–Crippen LogP) is 10.0. The van der Waals surface area contributed by atoms with Gasteiger partial charge >= 0.3 is 0 Å². The van der Waals surface area contributed by atoms with Gasteiger partial charge in [0.15, 0.2) is 0 Å². The zero-order valence-electron chi connectivity index (χ0n) is 21.5. The van der Waals surface area contributed by atoms with Crippen molar-refractivity contribution in [2.75, 3.05) is 18.0 Å². The Labute approximate surface area is 212 Å². The molecule has 0 radical (unpaired) electrons. The Balaban J connectivity index is 1.58. The minimum atomic E-state index is 1.19. The van der Waals surface area contributed by atoms with Crippen LogP contribution in [0.4, 0.5) is 5.69 Å². The molecular weight excluding hydrogens is 432 g/mol. The Morgan fingerprint density at radius 2 is 1.03 bits per heavy atom. The van der Waals surface area contributed by atoms with Crippen LogP contribution < -0.4 is 4.90 Å². The summed E-state index contributed by atoms with van der Waals surface area (Å²) in [5.41, 5.74) is 3.94. The minimum absolute atomic E-state index is 1.19. The molecule has 0 saturated carbocycles. The molecule has 3 aromatic rings. The van der Waals surface area contributed by atoms with Crippen molar-refractivity contribution in [3.63, 3.8) is 0 Å². The Hall–Kier alpha value is -2.13. The first-order valence-electron chi connectivity index (χ1n) is 13.7. The third-order valence-corrected chi connectivity index (χ3v) is 7.83. The molecule has 3 heteroatoms. The number of hydrogen-bond acceptors (Lipinski definition) is 3. The van der Waals surface area contributed by atoms with Crippen LogP contribution >= 0.6 is 11.3 Å². The van der Waals surface area contributed by atoms with Gasteiger partial charge in [-0.2, -0.15) is 0 Å². The molecule has 34 heavy (non-hydrogen) atoms. The number of rotatable bonds is 17. The Morgan fingerprint density at radius 1 is 0.559 bits per heavy atom. The summed E-state index contributed by atoms with van der Waals surface area (Å²) in [6.07, 6.45) is 20.0. The van der Waals surface area contributed by atoms with Gasteiger partial charge in [-0.3, -0.25) is 4.98 Å².